The average Bonchev–Trinajstić information content (AvgIpc) is 2.46. The summed E-state index contributed by atoms with van der Waals surface area (Å²) in [6, 6.07) is -0.577. The Labute approximate surface area is 160 Å². The van der Waals surface area contributed by atoms with Gasteiger partial charge in [-0.2, -0.15) is 16.3 Å². The van der Waals surface area contributed by atoms with E-state index in [1.165, 1.54) is 32.1 Å². The van der Waals surface area contributed by atoms with Crippen LogP contribution in [-0.4, -0.2) is 18.4 Å². The zero-order valence-corrected chi connectivity index (χ0v) is 17.3. The summed E-state index contributed by atoms with van der Waals surface area (Å²) < 4.78 is 0. The molecular weight excluding hydrogens is 432 g/mol. The molecule has 0 saturated carbocycles. The molecule has 0 unspecified atom stereocenters. The van der Waals surface area contributed by atoms with Gasteiger partial charge < -0.3 is 0 Å². The van der Waals surface area contributed by atoms with E-state index in [4.69, 9.17) is 0 Å². The number of urea groups is 1. The van der Waals surface area contributed by atoms with Crippen LogP contribution in [0.3, 0.4) is 0 Å². The minimum absolute atomic E-state index is 0. The largest absolute Gasteiger partial charge is 0.354 e. The standard InChI is InChI=1S/C14H30N4O3.2BrH/c1-2-3-4-5-6-7-8-10-13(19)11-9-12-16-17-14(20)18-21-15;;/h16H,2-12,15H2,1H3,(H2,17,18,20);2*1H. The van der Waals surface area contributed by atoms with Gasteiger partial charge in [-0.1, -0.05) is 45.4 Å². The van der Waals surface area contributed by atoms with Crippen molar-refractivity contribution in [3.05, 3.63) is 0 Å². The molecule has 23 heavy (non-hydrogen) atoms. The van der Waals surface area contributed by atoms with Crippen LogP contribution in [0.25, 0.3) is 0 Å². The van der Waals surface area contributed by atoms with Gasteiger partial charge >= 0.3 is 6.03 Å². The van der Waals surface area contributed by atoms with Crippen molar-refractivity contribution in [2.45, 2.75) is 71.1 Å². The molecule has 0 spiro atoms. The zero-order chi connectivity index (χ0) is 15.8. The first kappa shape index (κ1) is 27.6. The first-order valence-corrected chi connectivity index (χ1v) is 7.87. The predicted octanol–water partition coefficient (Wildman–Crippen LogP) is 3.24. The molecule has 0 aromatic carbocycles. The smallest absolute Gasteiger partial charge is 0.300 e. The number of nitrogens with one attached hydrogen (secondary N) is 3. The van der Waals surface area contributed by atoms with Crippen LogP contribution < -0.4 is 22.2 Å². The Morgan fingerprint density at radius 2 is 1.48 bits per heavy atom. The highest BCUT2D eigenvalue weighted by Gasteiger charge is 2.02. The van der Waals surface area contributed by atoms with Crippen molar-refractivity contribution in [2.24, 2.45) is 5.90 Å². The molecule has 140 valence electrons. The molecule has 5 N–H and O–H groups in total. The van der Waals surface area contributed by atoms with Gasteiger partial charge in [-0.25, -0.2) is 10.2 Å². The summed E-state index contributed by atoms with van der Waals surface area (Å²) in [7, 11) is 0. The third-order valence-corrected chi connectivity index (χ3v) is 3.17. The summed E-state index contributed by atoms with van der Waals surface area (Å²) in [5.74, 6) is 4.94. The number of hydrazine groups is 1. The third-order valence-electron chi connectivity index (χ3n) is 3.17. The molecule has 0 aliphatic rings. The number of halogens is 2. The Hall–Kier alpha value is -0.220. The van der Waals surface area contributed by atoms with Crippen molar-refractivity contribution in [2.75, 3.05) is 6.54 Å². The summed E-state index contributed by atoms with van der Waals surface area (Å²) in [4.78, 5) is 26.4. The maximum absolute atomic E-state index is 11.6. The van der Waals surface area contributed by atoms with Crippen molar-refractivity contribution < 1.29 is 14.5 Å². The van der Waals surface area contributed by atoms with Gasteiger partial charge in [-0.05, 0) is 12.8 Å². The van der Waals surface area contributed by atoms with E-state index in [2.05, 4.69) is 28.6 Å². The fraction of sp³-hybridized carbons (Fsp3) is 0.857. The van der Waals surface area contributed by atoms with Gasteiger partial charge in [0.25, 0.3) is 0 Å². The summed E-state index contributed by atoms with van der Waals surface area (Å²) >= 11 is 0. The van der Waals surface area contributed by atoms with Gasteiger partial charge in [0, 0.05) is 19.4 Å². The van der Waals surface area contributed by atoms with E-state index in [-0.39, 0.29) is 34.0 Å². The van der Waals surface area contributed by atoms with Crippen LogP contribution in [-0.2, 0) is 9.73 Å². The number of nitrogens with two attached hydrogens (primary N) is 1. The Kier molecular flexibility index (Phi) is 26.2. The average molecular weight is 464 g/mol. The molecule has 7 nitrogen and oxygen atoms in total. The molecule has 0 saturated heterocycles. The van der Waals surface area contributed by atoms with E-state index in [1.807, 2.05) is 5.48 Å². The Balaban J connectivity index is -0.00000200. The van der Waals surface area contributed by atoms with Gasteiger partial charge in [0.1, 0.15) is 5.78 Å². The van der Waals surface area contributed by atoms with E-state index in [0.717, 1.165) is 12.8 Å². The lowest BCUT2D eigenvalue weighted by Crippen LogP contribution is -2.45. The number of carbonyl (C=O) groups is 2. The maximum Gasteiger partial charge on any atom is 0.354 e. The summed E-state index contributed by atoms with van der Waals surface area (Å²) in [6.07, 6.45) is 10.5. The molecule has 0 fully saturated rings. The highest BCUT2D eigenvalue weighted by molar-refractivity contribution is 8.93. The Morgan fingerprint density at radius 3 is 2.09 bits per heavy atom. The minimum Gasteiger partial charge on any atom is -0.300 e. The molecule has 0 radical (unpaired) electrons. The van der Waals surface area contributed by atoms with E-state index >= 15 is 0 Å². The van der Waals surface area contributed by atoms with Crippen LogP contribution in [0.5, 0.6) is 0 Å². The maximum atomic E-state index is 11.6. The molecule has 0 rings (SSSR count). The summed E-state index contributed by atoms with van der Waals surface area (Å²) in [6.45, 7) is 2.74. The number of unbranched alkanes of at least 4 members (excludes halogenated alkanes) is 6. The topological polar surface area (TPSA) is 105 Å². The molecule has 0 heterocycles. The van der Waals surface area contributed by atoms with Crippen molar-refractivity contribution in [3.63, 3.8) is 0 Å². The summed E-state index contributed by atoms with van der Waals surface area (Å²) in [5.41, 5.74) is 6.89. The number of hydrogen-bond acceptors (Lipinski definition) is 5. The van der Waals surface area contributed by atoms with Crippen LogP contribution in [0.1, 0.15) is 71.1 Å². The van der Waals surface area contributed by atoms with Gasteiger partial charge in [0.05, 0.1) is 0 Å². The fourth-order valence-electron chi connectivity index (χ4n) is 2.00. The van der Waals surface area contributed by atoms with Crippen LogP contribution in [0.15, 0.2) is 0 Å². The first-order valence-electron chi connectivity index (χ1n) is 7.87. The van der Waals surface area contributed by atoms with Gasteiger partial charge in [-0.3, -0.25) is 10.2 Å². The highest BCUT2D eigenvalue weighted by Crippen LogP contribution is 2.09. The molecule has 2 amide bonds. The highest BCUT2D eigenvalue weighted by atomic mass is 79.9. The second-order valence-electron chi connectivity index (χ2n) is 5.11. The lowest BCUT2D eigenvalue weighted by Gasteiger charge is -2.06. The Bertz CT molecular complexity index is 285. The predicted molar refractivity (Wildman–Crippen MR) is 102 cm³/mol. The van der Waals surface area contributed by atoms with Crippen molar-refractivity contribution in [3.8, 4) is 0 Å². The van der Waals surface area contributed by atoms with Gasteiger partial charge in [-0.15, -0.1) is 34.0 Å². The van der Waals surface area contributed by atoms with Crippen LogP contribution in [0.2, 0.25) is 0 Å². The molecule has 0 aliphatic carbocycles. The number of ketones is 1. The second kappa shape index (κ2) is 21.8. The second-order valence-corrected chi connectivity index (χ2v) is 5.11. The molecule has 9 heteroatoms. The van der Waals surface area contributed by atoms with Crippen LogP contribution >= 0.6 is 34.0 Å². The summed E-state index contributed by atoms with van der Waals surface area (Å²) in [5, 5.41) is 0. The van der Waals surface area contributed by atoms with Gasteiger partial charge in [0.2, 0.25) is 0 Å². The number of hydroxylamine groups is 1. The number of amides is 2. The zero-order valence-electron chi connectivity index (χ0n) is 13.9. The van der Waals surface area contributed by atoms with E-state index in [9.17, 15) is 9.59 Å². The van der Waals surface area contributed by atoms with Gasteiger partial charge in [0.15, 0.2) is 0 Å². The first-order chi connectivity index (χ1) is 10.2. The SMILES string of the molecule is Br.Br.CCCCCCCCCC(=O)CCCNNC(=O)NON. The minimum atomic E-state index is -0.577. The quantitative estimate of drug-likeness (QED) is 0.233. The molecule has 0 atom stereocenters. The van der Waals surface area contributed by atoms with Crippen molar-refractivity contribution in [1.82, 2.24) is 16.3 Å². The number of hydrogen-bond donors (Lipinski definition) is 4. The van der Waals surface area contributed by atoms with E-state index in [0.29, 0.717) is 31.6 Å². The normalized spacial score (nSPS) is 9.48. The van der Waals surface area contributed by atoms with Crippen molar-refractivity contribution >= 4 is 45.8 Å². The number of carbonyl (C=O) groups excluding carboxylic acids is 2. The van der Waals surface area contributed by atoms with Crippen LogP contribution in [0.4, 0.5) is 4.79 Å². The van der Waals surface area contributed by atoms with E-state index in [1.54, 1.807) is 0 Å². The van der Waals surface area contributed by atoms with E-state index < -0.39 is 6.03 Å². The number of rotatable bonds is 14. The molecule has 0 aromatic heterocycles. The monoisotopic (exact) mass is 462 g/mol. The molecule has 0 aromatic rings. The lowest BCUT2D eigenvalue weighted by atomic mass is 10.1. The van der Waals surface area contributed by atoms with Crippen LogP contribution in [0, 0.1) is 0 Å². The molecular formula is C14H32Br2N4O3. The number of Topliss-reactive ketones (excluding diaryl/α,β-unsaturated/α-hetero) is 1. The van der Waals surface area contributed by atoms with Crippen molar-refractivity contribution in [1.29, 1.82) is 0 Å². The third kappa shape index (κ3) is 21.8. The Morgan fingerprint density at radius 1 is 0.913 bits per heavy atom. The molecule has 0 bridgehead atoms. The fourth-order valence-corrected chi connectivity index (χ4v) is 2.00. The molecule has 0 aliphatic heterocycles. The lowest BCUT2D eigenvalue weighted by molar-refractivity contribution is -0.119.